The summed E-state index contributed by atoms with van der Waals surface area (Å²) in [5.41, 5.74) is 7.74. The fraction of sp³-hybridized carbons (Fsp3) is 0.333. The highest BCUT2D eigenvalue weighted by atomic mass is 16.2. The summed E-state index contributed by atoms with van der Waals surface area (Å²) in [5, 5.41) is 6.48. The molecule has 110 valence electrons. The summed E-state index contributed by atoms with van der Waals surface area (Å²) in [6.07, 6.45) is 1.97. The second-order valence-electron chi connectivity index (χ2n) is 5.35. The molecule has 3 rings (SSSR count). The third kappa shape index (κ3) is 3.16. The number of nitrogens with one attached hydrogen (secondary N) is 3. The Morgan fingerprint density at radius 1 is 1.19 bits per heavy atom. The highest BCUT2D eigenvalue weighted by Crippen LogP contribution is 2.28. The third-order valence-corrected chi connectivity index (χ3v) is 3.55. The van der Waals surface area contributed by atoms with E-state index in [2.05, 4.69) is 15.6 Å². The van der Waals surface area contributed by atoms with Gasteiger partial charge in [0.2, 0.25) is 5.91 Å². The number of hydrogen-bond donors (Lipinski definition) is 4. The van der Waals surface area contributed by atoms with Crippen molar-refractivity contribution >= 4 is 28.4 Å². The van der Waals surface area contributed by atoms with E-state index in [0.717, 1.165) is 23.7 Å². The van der Waals surface area contributed by atoms with E-state index >= 15 is 0 Å². The summed E-state index contributed by atoms with van der Waals surface area (Å²) in [7, 11) is 0. The zero-order chi connectivity index (χ0) is 14.8. The molecule has 0 atom stereocenters. The number of hydrogen-bond acceptors (Lipinski definition) is 3. The van der Waals surface area contributed by atoms with E-state index in [1.165, 1.54) is 0 Å². The van der Waals surface area contributed by atoms with Gasteiger partial charge in [-0.1, -0.05) is 0 Å². The first kappa shape index (κ1) is 13.5. The molecule has 0 saturated heterocycles. The molecule has 1 saturated carbocycles. The summed E-state index contributed by atoms with van der Waals surface area (Å²) in [6.45, 7) is 0.864. The number of aromatic nitrogens is 1. The molecule has 1 heterocycles. The Morgan fingerprint density at radius 2 is 1.95 bits per heavy atom. The van der Waals surface area contributed by atoms with Gasteiger partial charge in [0.15, 0.2) is 0 Å². The number of nitrogen functional groups attached to an aromatic ring is 1. The van der Waals surface area contributed by atoms with Crippen LogP contribution in [0.15, 0.2) is 24.3 Å². The molecule has 6 nitrogen and oxygen atoms in total. The molecular weight excluding hydrogens is 268 g/mol. The smallest absolute Gasteiger partial charge is 0.267 e. The number of carbonyl (C=O) groups excluding carboxylic acids is 2. The van der Waals surface area contributed by atoms with Gasteiger partial charge in [-0.15, -0.1) is 0 Å². The second-order valence-corrected chi connectivity index (χ2v) is 5.35. The Bertz CT molecular complexity index is 688. The predicted molar refractivity (Wildman–Crippen MR) is 80.8 cm³/mol. The van der Waals surface area contributed by atoms with E-state index in [-0.39, 0.29) is 17.7 Å². The van der Waals surface area contributed by atoms with Gasteiger partial charge in [0.1, 0.15) is 5.69 Å². The average Bonchev–Trinajstić information content (AvgIpc) is 3.23. The maximum Gasteiger partial charge on any atom is 0.267 e. The van der Waals surface area contributed by atoms with Crippen molar-refractivity contribution < 1.29 is 9.59 Å². The number of nitrogens with two attached hydrogens (primary N) is 1. The molecule has 2 amide bonds. The number of H-pyrrole nitrogens is 1. The Morgan fingerprint density at radius 3 is 2.71 bits per heavy atom. The highest BCUT2D eigenvalue weighted by Gasteiger charge is 2.28. The summed E-state index contributed by atoms with van der Waals surface area (Å²) in [6, 6.07) is 7.22. The first-order chi connectivity index (χ1) is 10.1. The first-order valence-electron chi connectivity index (χ1n) is 7.07. The molecule has 5 N–H and O–H groups in total. The normalized spacial score (nSPS) is 14.1. The van der Waals surface area contributed by atoms with Crippen LogP contribution in [-0.2, 0) is 4.79 Å². The van der Waals surface area contributed by atoms with E-state index in [0.29, 0.717) is 24.5 Å². The minimum Gasteiger partial charge on any atom is -0.399 e. The molecule has 21 heavy (non-hydrogen) atoms. The number of anilines is 1. The van der Waals surface area contributed by atoms with Crippen molar-refractivity contribution in [2.45, 2.75) is 12.8 Å². The second kappa shape index (κ2) is 5.47. The van der Waals surface area contributed by atoms with Crippen LogP contribution < -0.4 is 16.4 Å². The summed E-state index contributed by atoms with van der Waals surface area (Å²) < 4.78 is 0. The Labute approximate surface area is 122 Å². The van der Waals surface area contributed by atoms with E-state index in [9.17, 15) is 9.59 Å². The topological polar surface area (TPSA) is 100 Å². The minimum absolute atomic E-state index is 0.0883. The molecule has 1 fully saturated rings. The summed E-state index contributed by atoms with van der Waals surface area (Å²) in [5.74, 6) is 0.0932. The summed E-state index contributed by atoms with van der Waals surface area (Å²) in [4.78, 5) is 26.5. The Hall–Kier alpha value is -2.50. The van der Waals surface area contributed by atoms with Gasteiger partial charge in [-0.2, -0.15) is 0 Å². The van der Waals surface area contributed by atoms with Gasteiger partial charge in [-0.05, 0) is 37.1 Å². The quantitative estimate of drug-likeness (QED) is 0.487. The predicted octanol–water partition coefficient (Wildman–Crippen LogP) is 1.01. The van der Waals surface area contributed by atoms with Crippen LogP contribution in [0.25, 0.3) is 10.9 Å². The molecule has 0 aliphatic heterocycles. The zero-order valence-electron chi connectivity index (χ0n) is 11.6. The van der Waals surface area contributed by atoms with Crippen molar-refractivity contribution in [2.24, 2.45) is 5.92 Å². The summed E-state index contributed by atoms with van der Waals surface area (Å²) >= 11 is 0. The fourth-order valence-corrected chi connectivity index (χ4v) is 2.22. The Balaban J connectivity index is 1.52. The van der Waals surface area contributed by atoms with Crippen LogP contribution in [0.2, 0.25) is 0 Å². The van der Waals surface area contributed by atoms with E-state index in [1.807, 2.05) is 12.1 Å². The number of amides is 2. The lowest BCUT2D eigenvalue weighted by Gasteiger charge is -2.05. The molecule has 2 aromatic rings. The SMILES string of the molecule is Nc1ccc2[nH]c(C(=O)NCCNC(=O)C3CC3)cc2c1. The fourth-order valence-electron chi connectivity index (χ4n) is 2.22. The van der Waals surface area contributed by atoms with Crippen molar-refractivity contribution in [1.29, 1.82) is 0 Å². The van der Waals surface area contributed by atoms with Crippen molar-refractivity contribution in [3.05, 3.63) is 30.0 Å². The number of fused-ring (bicyclic) bond motifs is 1. The Kier molecular flexibility index (Phi) is 3.51. The lowest BCUT2D eigenvalue weighted by Crippen LogP contribution is -2.35. The van der Waals surface area contributed by atoms with Crippen LogP contribution in [0.1, 0.15) is 23.3 Å². The molecule has 1 aromatic heterocycles. The van der Waals surface area contributed by atoms with Gasteiger partial charge < -0.3 is 21.4 Å². The van der Waals surface area contributed by atoms with Crippen LogP contribution in [0.3, 0.4) is 0 Å². The van der Waals surface area contributed by atoms with Crippen LogP contribution in [0, 0.1) is 5.92 Å². The van der Waals surface area contributed by atoms with Gasteiger partial charge >= 0.3 is 0 Å². The standard InChI is InChI=1S/C15H18N4O2/c16-11-3-4-12-10(7-11)8-13(19-12)15(21)18-6-5-17-14(20)9-1-2-9/h3-4,7-9,19H,1-2,5-6,16H2,(H,17,20)(H,18,21). The van der Waals surface area contributed by atoms with Crippen LogP contribution in [0.4, 0.5) is 5.69 Å². The number of aromatic amines is 1. The van der Waals surface area contributed by atoms with Crippen molar-refractivity contribution in [1.82, 2.24) is 15.6 Å². The van der Waals surface area contributed by atoms with Crippen LogP contribution in [0.5, 0.6) is 0 Å². The average molecular weight is 286 g/mol. The minimum atomic E-state index is -0.189. The highest BCUT2D eigenvalue weighted by molar-refractivity contribution is 5.98. The number of carbonyl (C=O) groups is 2. The van der Waals surface area contributed by atoms with Crippen LogP contribution in [-0.4, -0.2) is 29.9 Å². The third-order valence-electron chi connectivity index (χ3n) is 3.55. The van der Waals surface area contributed by atoms with E-state index in [1.54, 1.807) is 12.1 Å². The van der Waals surface area contributed by atoms with E-state index < -0.39 is 0 Å². The van der Waals surface area contributed by atoms with Crippen molar-refractivity contribution in [3.8, 4) is 0 Å². The molecule has 1 aliphatic carbocycles. The van der Waals surface area contributed by atoms with Gasteiger partial charge in [0.25, 0.3) is 5.91 Å². The first-order valence-corrected chi connectivity index (χ1v) is 7.07. The molecule has 0 bridgehead atoms. The van der Waals surface area contributed by atoms with Gasteiger partial charge in [-0.25, -0.2) is 0 Å². The maximum absolute atomic E-state index is 12.0. The van der Waals surface area contributed by atoms with Gasteiger partial charge in [0, 0.05) is 35.6 Å². The lowest BCUT2D eigenvalue weighted by atomic mass is 10.2. The number of benzene rings is 1. The van der Waals surface area contributed by atoms with Crippen molar-refractivity contribution in [2.75, 3.05) is 18.8 Å². The van der Waals surface area contributed by atoms with Crippen molar-refractivity contribution in [3.63, 3.8) is 0 Å². The van der Waals surface area contributed by atoms with Crippen LogP contribution >= 0.6 is 0 Å². The monoisotopic (exact) mass is 286 g/mol. The molecule has 6 heteroatoms. The molecule has 1 aromatic carbocycles. The lowest BCUT2D eigenvalue weighted by molar-refractivity contribution is -0.122. The molecule has 0 unspecified atom stereocenters. The molecule has 0 spiro atoms. The zero-order valence-corrected chi connectivity index (χ0v) is 11.6. The maximum atomic E-state index is 12.0. The number of rotatable bonds is 5. The van der Waals surface area contributed by atoms with Gasteiger partial charge in [0.05, 0.1) is 0 Å². The largest absolute Gasteiger partial charge is 0.399 e. The van der Waals surface area contributed by atoms with E-state index in [4.69, 9.17) is 5.73 Å². The molecule has 0 radical (unpaired) electrons. The molecule has 1 aliphatic rings. The molecular formula is C15H18N4O2. The van der Waals surface area contributed by atoms with Gasteiger partial charge in [-0.3, -0.25) is 9.59 Å².